The molecule has 0 spiro atoms. The van der Waals surface area contributed by atoms with Gasteiger partial charge in [0.2, 0.25) is 0 Å². The van der Waals surface area contributed by atoms with Crippen molar-refractivity contribution < 1.29 is 4.74 Å². The van der Waals surface area contributed by atoms with E-state index in [-0.39, 0.29) is 5.84 Å². The van der Waals surface area contributed by atoms with Gasteiger partial charge in [-0.2, -0.15) is 0 Å². The van der Waals surface area contributed by atoms with E-state index in [1.54, 1.807) is 0 Å². The van der Waals surface area contributed by atoms with Crippen LogP contribution < -0.4 is 10.5 Å². The van der Waals surface area contributed by atoms with E-state index in [0.717, 1.165) is 21.8 Å². The van der Waals surface area contributed by atoms with Gasteiger partial charge in [-0.1, -0.05) is 17.7 Å². The summed E-state index contributed by atoms with van der Waals surface area (Å²) in [6, 6.07) is 9.36. The normalized spacial score (nSPS) is 10.5. The summed E-state index contributed by atoms with van der Waals surface area (Å²) >= 11 is 7.58. The lowest BCUT2D eigenvalue weighted by Gasteiger charge is -2.16. The third kappa shape index (κ3) is 3.34. The van der Waals surface area contributed by atoms with Crippen LogP contribution in [0, 0.1) is 19.3 Å². The lowest BCUT2D eigenvalue weighted by molar-refractivity contribution is 0.472. The molecule has 0 aliphatic heterocycles. The van der Waals surface area contributed by atoms with Crippen LogP contribution in [0.5, 0.6) is 11.5 Å². The Morgan fingerprint density at radius 2 is 1.86 bits per heavy atom. The first-order valence-electron chi connectivity index (χ1n) is 6.40. The summed E-state index contributed by atoms with van der Waals surface area (Å²) in [6.45, 7) is 3.89. The van der Waals surface area contributed by atoms with Gasteiger partial charge in [0.25, 0.3) is 0 Å². The van der Waals surface area contributed by atoms with Gasteiger partial charge in [0.15, 0.2) is 0 Å². The average molecular weight is 321 g/mol. The highest BCUT2D eigenvalue weighted by Crippen LogP contribution is 2.35. The Kier molecular flexibility index (Phi) is 4.80. The van der Waals surface area contributed by atoms with Crippen molar-refractivity contribution in [3.63, 3.8) is 0 Å². The zero-order valence-corrected chi connectivity index (χ0v) is 13.7. The molecule has 0 unspecified atom stereocenters. The quantitative estimate of drug-likeness (QED) is 0.485. The Hall–Kier alpha value is -1.65. The number of hydrogen-bond acceptors (Lipinski definition) is 3. The molecular weight excluding hydrogens is 304 g/mol. The highest BCUT2D eigenvalue weighted by molar-refractivity contribution is 7.98. The summed E-state index contributed by atoms with van der Waals surface area (Å²) in [5.41, 5.74) is 8.23. The molecule has 2 rings (SSSR count). The van der Waals surface area contributed by atoms with Crippen molar-refractivity contribution in [3.05, 3.63) is 52.0 Å². The molecule has 0 aliphatic carbocycles. The Morgan fingerprint density at radius 1 is 1.24 bits per heavy atom. The number of ether oxygens (including phenoxy) is 1. The minimum absolute atomic E-state index is 0.000723. The van der Waals surface area contributed by atoms with Crippen LogP contribution in [0.4, 0.5) is 0 Å². The second-order valence-electron chi connectivity index (χ2n) is 4.72. The molecule has 0 aromatic heterocycles. The van der Waals surface area contributed by atoms with Crippen LogP contribution in [0.15, 0.2) is 35.2 Å². The maximum absolute atomic E-state index is 7.79. The van der Waals surface area contributed by atoms with Crippen molar-refractivity contribution in [1.29, 1.82) is 5.41 Å². The number of nitrogens with two attached hydrogens (primary N) is 1. The van der Waals surface area contributed by atoms with Gasteiger partial charge in [0.1, 0.15) is 17.3 Å². The molecule has 2 aromatic carbocycles. The summed E-state index contributed by atoms with van der Waals surface area (Å²) < 4.78 is 6.04. The molecule has 0 saturated heterocycles. The summed E-state index contributed by atoms with van der Waals surface area (Å²) in [6.07, 6.45) is 1.95. The first kappa shape index (κ1) is 15.7. The van der Waals surface area contributed by atoms with E-state index < -0.39 is 0 Å². The van der Waals surface area contributed by atoms with Crippen LogP contribution in [0.1, 0.15) is 16.7 Å². The fourth-order valence-electron chi connectivity index (χ4n) is 2.20. The molecule has 2 aromatic rings. The third-order valence-corrected chi connectivity index (χ3v) is 4.11. The molecule has 3 N–H and O–H groups in total. The van der Waals surface area contributed by atoms with Crippen LogP contribution >= 0.6 is 23.4 Å². The molecule has 21 heavy (non-hydrogen) atoms. The zero-order valence-electron chi connectivity index (χ0n) is 12.2. The molecule has 3 nitrogen and oxygen atoms in total. The van der Waals surface area contributed by atoms with E-state index in [2.05, 4.69) is 0 Å². The highest BCUT2D eigenvalue weighted by atomic mass is 35.5. The number of rotatable bonds is 4. The topological polar surface area (TPSA) is 59.1 Å². The lowest BCUT2D eigenvalue weighted by Crippen LogP contribution is -2.14. The van der Waals surface area contributed by atoms with E-state index in [0.29, 0.717) is 16.3 Å². The predicted molar refractivity (Wildman–Crippen MR) is 90.2 cm³/mol. The van der Waals surface area contributed by atoms with Gasteiger partial charge in [-0.25, -0.2) is 0 Å². The van der Waals surface area contributed by atoms with Crippen molar-refractivity contribution in [1.82, 2.24) is 0 Å². The molecule has 0 aliphatic rings. The van der Waals surface area contributed by atoms with E-state index in [9.17, 15) is 0 Å². The largest absolute Gasteiger partial charge is 0.456 e. The van der Waals surface area contributed by atoms with Crippen LogP contribution in [0.2, 0.25) is 5.02 Å². The number of amidine groups is 1. The highest BCUT2D eigenvalue weighted by Gasteiger charge is 2.15. The van der Waals surface area contributed by atoms with E-state index in [1.807, 2.05) is 50.4 Å². The monoisotopic (exact) mass is 320 g/mol. The first-order chi connectivity index (χ1) is 9.93. The van der Waals surface area contributed by atoms with E-state index in [4.69, 9.17) is 27.5 Å². The summed E-state index contributed by atoms with van der Waals surface area (Å²) in [5, 5.41) is 8.47. The van der Waals surface area contributed by atoms with Gasteiger partial charge in [0, 0.05) is 9.92 Å². The third-order valence-electron chi connectivity index (χ3n) is 3.11. The Bertz CT molecular complexity index is 678. The summed E-state index contributed by atoms with van der Waals surface area (Å²) in [4.78, 5) is 0.921. The smallest absolute Gasteiger partial charge is 0.139 e. The molecule has 0 bridgehead atoms. The minimum Gasteiger partial charge on any atom is -0.456 e. The van der Waals surface area contributed by atoms with Crippen LogP contribution in [0.25, 0.3) is 0 Å². The lowest BCUT2D eigenvalue weighted by atomic mass is 10.1. The number of hydrogen-bond donors (Lipinski definition) is 2. The number of thioether (sulfide) groups is 1. The molecule has 110 valence electrons. The number of aryl methyl sites for hydroxylation is 2. The molecule has 5 heteroatoms. The van der Waals surface area contributed by atoms with Crippen molar-refractivity contribution >= 4 is 29.2 Å². The van der Waals surface area contributed by atoms with Gasteiger partial charge in [-0.05, 0) is 55.5 Å². The van der Waals surface area contributed by atoms with Crippen LogP contribution in [0.3, 0.4) is 0 Å². The van der Waals surface area contributed by atoms with Crippen molar-refractivity contribution in [2.45, 2.75) is 18.7 Å². The Morgan fingerprint density at radius 3 is 2.38 bits per heavy atom. The van der Waals surface area contributed by atoms with Gasteiger partial charge in [-0.15, -0.1) is 11.8 Å². The number of benzene rings is 2. The SMILES string of the molecule is CSc1cccc(Oc2c(C)cc(Cl)cc2C)c1C(=N)N. The van der Waals surface area contributed by atoms with E-state index >= 15 is 0 Å². The molecule has 0 fully saturated rings. The maximum atomic E-state index is 7.79. The van der Waals surface area contributed by atoms with Gasteiger partial charge >= 0.3 is 0 Å². The summed E-state index contributed by atoms with van der Waals surface area (Å²) in [5.74, 6) is 1.34. The minimum atomic E-state index is -0.000723. The summed E-state index contributed by atoms with van der Waals surface area (Å²) in [7, 11) is 0. The van der Waals surface area contributed by atoms with Gasteiger partial charge in [-0.3, -0.25) is 5.41 Å². The average Bonchev–Trinajstić information content (AvgIpc) is 2.42. The second kappa shape index (κ2) is 6.41. The van der Waals surface area contributed by atoms with Crippen molar-refractivity contribution in [3.8, 4) is 11.5 Å². The number of nitrogens with one attached hydrogen (secondary N) is 1. The Balaban J connectivity index is 2.52. The van der Waals surface area contributed by atoms with Crippen LogP contribution in [-0.2, 0) is 0 Å². The van der Waals surface area contributed by atoms with Gasteiger partial charge in [0.05, 0.1) is 5.56 Å². The predicted octanol–water partition coefficient (Wildman–Crippen LogP) is 4.76. The van der Waals surface area contributed by atoms with Crippen molar-refractivity contribution in [2.24, 2.45) is 5.73 Å². The molecule has 0 amide bonds. The maximum Gasteiger partial charge on any atom is 0.139 e. The zero-order chi connectivity index (χ0) is 15.6. The number of halogens is 1. The standard InChI is InChI=1S/C16H17ClN2OS/c1-9-7-11(17)8-10(2)15(9)20-12-5-4-6-13(21-3)14(12)16(18)19/h4-8H,1-3H3,(H3,18,19). The van der Waals surface area contributed by atoms with Gasteiger partial charge < -0.3 is 10.5 Å². The molecule has 0 saturated carbocycles. The number of nitrogen functional groups attached to an aromatic ring is 1. The molecule has 0 atom stereocenters. The second-order valence-corrected chi connectivity index (χ2v) is 6.00. The molecular formula is C16H17ClN2OS. The van der Waals surface area contributed by atoms with Crippen LogP contribution in [-0.4, -0.2) is 12.1 Å². The first-order valence-corrected chi connectivity index (χ1v) is 8.00. The molecule has 0 heterocycles. The molecule has 0 radical (unpaired) electrons. The Labute approximate surface area is 134 Å². The van der Waals surface area contributed by atoms with E-state index in [1.165, 1.54) is 11.8 Å². The fourth-order valence-corrected chi connectivity index (χ4v) is 3.16. The fraction of sp³-hybridized carbons (Fsp3) is 0.188. The van der Waals surface area contributed by atoms with Crippen molar-refractivity contribution in [2.75, 3.05) is 6.26 Å².